The quantitative estimate of drug-likeness (QED) is 0.522. The van der Waals surface area contributed by atoms with Gasteiger partial charge in [-0.15, -0.1) is 11.8 Å². The molecule has 2 aromatic rings. The van der Waals surface area contributed by atoms with Crippen molar-refractivity contribution in [1.82, 2.24) is 0 Å². The van der Waals surface area contributed by atoms with E-state index in [1.165, 1.54) is 18.2 Å². The van der Waals surface area contributed by atoms with Crippen molar-refractivity contribution in [2.75, 3.05) is 0 Å². The van der Waals surface area contributed by atoms with Crippen LogP contribution in [0, 0.1) is 15.9 Å². The van der Waals surface area contributed by atoms with Crippen molar-refractivity contribution in [3.8, 4) is 0 Å². The minimum absolute atomic E-state index is 0.0707. The van der Waals surface area contributed by atoms with E-state index in [0.717, 1.165) is 17.8 Å². The molecule has 1 amide bonds. The van der Waals surface area contributed by atoms with E-state index in [9.17, 15) is 19.3 Å². The molecule has 21 heavy (non-hydrogen) atoms. The van der Waals surface area contributed by atoms with Gasteiger partial charge in [0.05, 0.1) is 4.92 Å². The van der Waals surface area contributed by atoms with Gasteiger partial charge in [-0.1, -0.05) is 18.2 Å². The van der Waals surface area contributed by atoms with Crippen LogP contribution in [0.25, 0.3) is 0 Å². The number of carbonyl (C=O) groups excluding carboxylic acids is 1. The largest absolute Gasteiger partial charge is 0.366 e. The standard InChI is InChI=1S/C14H11FN2O3S/c15-11-3-1-2-4-13(11)21-8-10-6-5-9(14(16)18)7-12(10)17(19)20/h1-7H,8H2,(H2,16,18). The molecule has 0 saturated heterocycles. The first-order valence-electron chi connectivity index (χ1n) is 5.93. The Kier molecular flexibility index (Phi) is 4.54. The molecule has 0 radical (unpaired) electrons. The normalized spacial score (nSPS) is 10.3. The maximum atomic E-state index is 13.5. The Labute approximate surface area is 124 Å². The summed E-state index contributed by atoms with van der Waals surface area (Å²) in [7, 11) is 0. The molecule has 5 nitrogen and oxygen atoms in total. The SMILES string of the molecule is NC(=O)c1ccc(CSc2ccccc2F)c([N+](=O)[O-])c1. The summed E-state index contributed by atoms with van der Waals surface area (Å²) in [6.07, 6.45) is 0. The molecule has 0 fully saturated rings. The van der Waals surface area contributed by atoms with Crippen molar-refractivity contribution >= 4 is 23.4 Å². The molecule has 2 N–H and O–H groups in total. The van der Waals surface area contributed by atoms with Crippen LogP contribution in [0.2, 0.25) is 0 Å². The molecule has 0 atom stereocenters. The van der Waals surface area contributed by atoms with E-state index in [4.69, 9.17) is 5.73 Å². The fourth-order valence-electron chi connectivity index (χ4n) is 1.73. The molecule has 2 rings (SSSR count). The Hall–Kier alpha value is -2.41. The fourth-order valence-corrected chi connectivity index (χ4v) is 2.66. The lowest BCUT2D eigenvalue weighted by Gasteiger charge is -2.05. The number of primary amides is 1. The summed E-state index contributed by atoms with van der Waals surface area (Å²) in [4.78, 5) is 21.9. The van der Waals surface area contributed by atoms with Crippen LogP contribution in [0.3, 0.4) is 0 Å². The molecule has 0 unspecified atom stereocenters. The molecular weight excluding hydrogens is 295 g/mol. The van der Waals surface area contributed by atoms with Gasteiger partial charge in [0.2, 0.25) is 5.91 Å². The highest BCUT2D eigenvalue weighted by Crippen LogP contribution is 2.30. The zero-order valence-corrected chi connectivity index (χ0v) is 11.6. The molecule has 7 heteroatoms. The molecule has 0 aliphatic carbocycles. The number of halogens is 1. The Balaban J connectivity index is 2.26. The zero-order valence-electron chi connectivity index (χ0n) is 10.8. The number of amides is 1. The lowest BCUT2D eigenvalue weighted by atomic mass is 10.1. The molecule has 108 valence electrons. The number of nitrogens with zero attached hydrogens (tertiary/aromatic N) is 1. The van der Waals surface area contributed by atoms with E-state index in [2.05, 4.69) is 0 Å². The van der Waals surface area contributed by atoms with Gasteiger partial charge in [-0.3, -0.25) is 14.9 Å². The highest BCUT2D eigenvalue weighted by atomic mass is 32.2. The van der Waals surface area contributed by atoms with Crippen molar-refractivity contribution in [3.63, 3.8) is 0 Å². The van der Waals surface area contributed by atoms with Crippen LogP contribution in [0.15, 0.2) is 47.4 Å². The third-order valence-electron chi connectivity index (χ3n) is 2.79. The zero-order chi connectivity index (χ0) is 15.4. The summed E-state index contributed by atoms with van der Waals surface area (Å²) in [5.41, 5.74) is 5.37. The van der Waals surface area contributed by atoms with Crippen LogP contribution >= 0.6 is 11.8 Å². The summed E-state index contributed by atoms with van der Waals surface area (Å²) < 4.78 is 13.5. The third-order valence-corrected chi connectivity index (χ3v) is 3.88. The summed E-state index contributed by atoms with van der Waals surface area (Å²) >= 11 is 1.15. The van der Waals surface area contributed by atoms with Gasteiger partial charge in [-0.25, -0.2) is 4.39 Å². The van der Waals surface area contributed by atoms with Gasteiger partial charge in [0, 0.05) is 27.8 Å². The van der Waals surface area contributed by atoms with Gasteiger partial charge < -0.3 is 5.73 Å². The average molecular weight is 306 g/mol. The predicted octanol–water partition coefficient (Wildman–Crippen LogP) is 3.13. The van der Waals surface area contributed by atoms with E-state index < -0.39 is 10.8 Å². The van der Waals surface area contributed by atoms with Gasteiger partial charge in [0.1, 0.15) is 5.82 Å². The molecule has 0 saturated carbocycles. The maximum absolute atomic E-state index is 13.5. The Morgan fingerprint density at radius 1 is 1.29 bits per heavy atom. The smallest absolute Gasteiger partial charge is 0.274 e. The van der Waals surface area contributed by atoms with Crippen LogP contribution in [0.4, 0.5) is 10.1 Å². The number of hydrogen-bond donors (Lipinski definition) is 1. The van der Waals surface area contributed by atoms with Crippen molar-refractivity contribution in [1.29, 1.82) is 0 Å². The van der Waals surface area contributed by atoms with E-state index in [1.807, 2.05) is 0 Å². The molecular formula is C14H11FN2O3S. The summed E-state index contributed by atoms with van der Waals surface area (Å²) in [6, 6.07) is 10.2. The molecule has 0 aliphatic heterocycles. The van der Waals surface area contributed by atoms with Gasteiger partial charge in [-0.05, 0) is 18.2 Å². The summed E-state index contributed by atoms with van der Waals surface area (Å²) in [5, 5.41) is 11.0. The highest BCUT2D eigenvalue weighted by Gasteiger charge is 2.17. The Bertz CT molecular complexity index is 706. The Morgan fingerprint density at radius 3 is 2.62 bits per heavy atom. The van der Waals surface area contributed by atoms with Crippen molar-refractivity contribution in [2.45, 2.75) is 10.6 Å². The number of hydrogen-bond acceptors (Lipinski definition) is 4. The second-order valence-corrected chi connectivity index (χ2v) is 5.20. The summed E-state index contributed by atoms with van der Waals surface area (Å²) in [5.74, 6) is -0.888. The fraction of sp³-hybridized carbons (Fsp3) is 0.0714. The minimum Gasteiger partial charge on any atom is -0.366 e. The van der Waals surface area contributed by atoms with Gasteiger partial charge in [0.15, 0.2) is 0 Å². The highest BCUT2D eigenvalue weighted by molar-refractivity contribution is 7.98. The lowest BCUT2D eigenvalue weighted by Crippen LogP contribution is -2.11. The Morgan fingerprint density at radius 2 is 2.00 bits per heavy atom. The van der Waals surface area contributed by atoms with Crippen LogP contribution in [0.1, 0.15) is 15.9 Å². The van der Waals surface area contributed by atoms with Crippen LogP contribution in [-0.4, -0.2) is 10.8 Å². The molecule has 0 heterocycles. The number of nitrogens with two attached hydrogens (primary N) is 1. The second-order valence-electron chi connectivity index (χ2n) is 4.18. The van der Waals surface area contributed by atoms with Gasteiger partial charge in [0.25, 0.3) is 5.69 Å². The minimum atomic E-state index is -0.730. The monoisotopic (exact) mass is 306 g/mol. The van der Waals surface area contributed by atoms with Crippen LogP contribution in [0.5, 0.6) is 0 Å². The second kappa shape index (κ2) is 6.36. The van der Waals surface area contributed by atoms with E-state index in [0.29, 0.717) is 10.5 Å². The number of carbonyl (C=O) groups is 1. The third kappa shape index (κ3) is 3.57. The number of nitro benzene ring substituents is 1. The van der Waals surface area contributed by atoms with Crippen LogP contribution in [-0.2, 0) is 5.75 Å². The number of nitro groups is 1. The number of benzene rings is 2. The van der Waals surface area contributed by atoms with E-state index in [-0.39, 0.29) is 22.8 Å². The first-order chi connectivity index (χ1) is 9.99. The molecule has 0 aliphatic rings. The predicted molar refractivity (Wildman–Crippen MR) is 77.6 cm³/mol. The van der Waals surface area contributed by atoms with Gasteiger partial charge in [-0.2, -0.15) is 0 Å². The maximum Gasteiger partial charge on any atom is 0.274 e. The van der Waals surface area contributed by atoms with Crippen molar-refractivity contribution in [3.05, 3.63) is 69.5 Å². The molecule has 0 bridgehead atoms. The molecule has 2 aromatic carbocycles. The molecule has 0 aromatic heterocycles. The molecule has 0 spiro atoms. The summed E-state index contributed by atoms with van der Waals surface area (Å²) in [6.45, 7) is 0. The van der Waals surface area contributed by atoms with E-state index in [1.54, 1.807) is 18.2 Å². The topological polar surface area (TPSA) is 86.2 Å². The van der Waals surface area contributed by atoms with Crippen molar-refractivity contribution in [2.24, 2.45) is 5.73 Å². The number of rotatable bonds is 5. The van der Waals surface area contributed by atoms with E-state index >= 15 is 0 Å². The van der Waals surface area contributed by atoms with Crippen molar-refractivity contribution < 1.29 is 14.1 Å². The first kappa shape index (κ1) is 15.0. The number of thioether (sulfide) groups is 1. The van der Waals surface area contributed by atoms with Gasteiger partial charge >= 0.3 is 0 Å². The average Bonchev–Trinajstić information content (AvgIpc) is 2.46. The lowest BCUT2D eigenvalue weighted by molar-refractivity contribution is -0.385. The van der Waals surface area contributed by atoms with Crippen LogP contribution < -0.4 is 5.73 Å². The first-order valence-corrected chi connectivity index (χ1v) is 6.92.